The lowest BCUT2D eigenvalue weighted by atomic mass is 9.82. The minimum absolute atomic E-state index is 0.322. The second kappa shape index (κ2) is 9.16. The van der Waals surface area contributed by atoms with Crippen molar-refractivity contribution in [3.8, 4) is 5.75 Å². The third kappa shape index (κ3) is 4.17. The lowest BCUT2D eigenvalue weighted by molar-refractivity contribution is -0.138. The molecule has 4 amide bonds. The minimum Gasteiger partial charge on any atom is -0.497 e. The van der Waals surface area contributed by atoms with Crippen molar-refractivity contribution >= 4 is 17.8 Å². The third-order valence-corrected chi connectivity index (χ3v) is 5.79. The van der Waals surface area contributed by atoms with Gasteiger partial charge in [-0.1, -0.05) is 72.8 Å². The number of nitrogens with one attached hydrogen (secondary N) is 1. The average molecular weight is 444 g/mol. The second-order valence-electron chi connectivity index (χ2n) is 7.90. The average Bonchev–Trinajstić information content (AvgIpc) is 3.10. The molecular formula is C26H25N3O4. The van der Waals surface area contributed by atoms with E-state index in [0.717, 1.165) is 10.5 Å². The van der Waals surface area contributed by atoms with E-state index in [0.29, 0.717) is 23.4 Å². The molecule has 0 aliphatic carbocycles. The van der Waals surface area contributed by atoms with Crippen molar-refractivity contribution in [2.45, 2.75) is 12.1 Å². The number of ether oxygens (including phenoxy) is 1. The van der Waals surface area contributed by atoms with Gasteiger partial charge in [0.15, 0.2) is 5.54 Å². The molecule has 1 aliphatic rings. The number of amides is 4. The van der Waals surface area contributed by atoms with E-state index in [9.17, 15) is 14.4 Å². The first-order valence-corrected chi connectivity index (χ1v) is 10.6. The van der Waals surface area contributed by atoms with E-state index >= 15 is 0 Å². The lowest BCUT2D eigenvalue weighted by Gasteiger charge is -2.28. The zero-order chi connectivity index (χ0) is 23.4. The normalized spacial score (nSPS) is 14.7. The summed E-state index contributed by atoms with van der Waals surface area (Å²) >= 11 is 0. The first-order valence-electron chi connectivity index (χ1n) is 10.6. The number of methoxy groups -OCH3 is 1. The molecule has 7 nitrogen and oxygen atoms in total. The fourth-order valence-corrected chi connectivity index (χ4v) is 4.04. The number of nitrogens with zero attached hydrogens (tertiary/aromatic N) is 2. The van der Waals surface area contributed by atoms with Gasteiger partial charge in [-0.2, -0.15) is 0 Å². The van der Waals surface area contributed by atoms with E-state index < -0.39 is 17.5 Å². The maximum absolute atomic E-state index is 13.7. The molecule has 0 radical (unpaired) electrons. The van der Waals surface area contributed by atoms with Crippen molar-refractivity contribution in [1.82, 2.24) is 15.1 Å². The summed E-state index contributed by atoms with van der Waals surface area (Å²) in [5.74, 6) is -0.135. The van der Waals surface area contributed by atoms with Crippen LogP contribution in [0.5, 0.6) is 5.75 Å². The first-order chi connectivity index (χ1) is 16.0. The lowest BCUT2D eigenvalue weighted by Crippen LogP contribution is -2.46. The molecule has 0 saturated carbocycles. The Bertz CT molecular complexity index is 1120. The smallest absolute Gasteiger partial charge is 0.326 e. The van der Waals surface area contributed by atoms with Crippen LogP contribution in [-0.2, 0) is 21.7 Å². The summed E-state index contributed by atoms with van der Waals surface area (Å²) in [5.41, 5.74) is 0.763. The Labute approximate surface area is 192 Å². The van der Waals surface area contributed by atoms with Crippen molar-refractivity contribution < 1.29 is 19.1 Å². The zero-order valence-corrected chi connectivity index (χ0v) is 18.5. The zero-order valence-electron chi connectivity index (χ0n) is 18.5. The molecule has 0 spiro atoms. The van der Waals surface area contributed by atoms with Crippen molar-refractivity contribution in [3.63, 3.8) is 0 Å². The Morgan fingerprint density at radius 1 is 0.939 bits per heavy atom. The predicted octanol–water partition coefficient (Wildman–Crippen LogP) is 3.15. The van der Waals surface area contributed by atoms with Crippen LogP contribution in [0.15, 0.2) is 84.9 Å². The van der Waals surface area contributed by atoms with Gasteiger partial charge in [-0.3, -0.25) is 14.5 Å². The molecule has 1 saturated heterocycles. The summed E-state index contributed by atoms with van der Waals surface area (Å²) in [4.78, 5) is 42.1. The van der Waals surface area contributed by atoms with Crippen LogP contribution in [-0.4, -0.2) is 48.3 Å². The number of imide groups is 1. The Balaban J connectivity index is 1.58. The fraction of sp³-hybridized carbons (Fsp3) is 0.192. The quantitative estimate of drug-likeness (QED) is 0.569. The molecule has 7 heteroatoms. The summed E-state index contributed by atoms with van der Waals surface area (Å²) in [6, 6.07) is 24.9. The standard InChI is InChI=1S/C26H25N3O4/c1-28(17-19-10-9-15-22(16-19)33-2)23(30)18-29-24(31)26(27-25(29)32,20-11-5-3-6-12-20)21-13-7-4-8-14-21/h3-16H,17-18H2,1-2H3,(H,27,32). The highest BCUT2D eigenvalue weighted by atomic mass is 16.5. The van der Waals surface area contributed by atoms with Crippen LogP contribution in [0.1, 0.15) is 16.7 Å². The van der Waals surface area contributed by atoms with Gasteiger partial charge < -0.3 is 15.0 Å². The van der Waals surface area contributed by atoms with Gasteiger partial charge in [0.1, 0.15) is 12.3 Å². The van der Waals surface area contributed by atoms with Gasteiger partial charge in [-0.05, 0) is 28.8 Å². The molecule has 168 valence electrons. The number of carbonyl (C=O) groups is 3. The molecule has 4 rings (SSSR count). The van der Waals surface area contributed by atoms with Gasteiger partial charge in [0, 0.05) is 13.6 Å². The van der Waals surface area contributed by atoms with Crippen molar-refractivity contribution in [1.29, 1.82) is 0 Å². The number of hydrogen-bond acceptors (Lipinski definition) is 4. The van der Waals surface area contributed by atoms with E-state index in [1.807, 2.05) is 60.7 Å². The Morgan fingerprint density at radius 2 is 1.55 bits per heavy atom. The number of hydrogen-bond donors (Lipinski definition) is 1. The molecule has 3 aromatic rings. The number of rotatable bonds is 7. The van der Waals surface area contributed by atoms with Crippen molar-refractivity contribution in [2.24, 2.45) is 0 Å². The molecule has 1 N–H and O–H groups in total. The number of carbonyl (C=O) groups excluding carboxylic acids is 3. The predicted molar refractivity (Wildman–Crippen MR) is 123 cm³/mol. The maximum Gasteiger partial charge on any atom is 0.326 e. The van der Waals surface area contributed by atoms with Gasteiger partial charge in [-0.25, -0.2) is 4.79 Å². The molecule has 33 heavy (non-hydrogen) atoms. The molecule has 0 atom stereocenters. The first kappa shape index (κ1) is 22.1. The Morgan fingerprint density at radius 3 is 2.12 bits per heavy atom. The largest absolute Gasteiger partial charge is 0.497 e. The Hall–Kier alpha value is -4.13. The van der Waals surface area contributed by atoms with E-state index in [1.165, 1.54) is 4.90 Å². The van der Waals surface area contributed by atoms with Crippen LogP contribution in [0.4, 0.5) is 4.79 Å². The van der Waals surface area contributed by atoms with Crippen LogP contribution in [0, 0.1) is 0 Å². The topological polar surface area (TPSA) is 79.0 Å². The van der Waals surface area contributed by atoms with E-state index in [1.54, 1.807) is 38.4 Å². The van der Waals surface area contributed by atoms with Crippen molar-refractivity contribution in [3.05, 3.63) is 102 Å². The SMILES string of the molecule is COc1cccc(CN(C)C(=O)CN2C(=O)NC(c3ccccc3)(c3ccccc3)C2=O)c1. The highest BCUT2D eigenvalue weighted by molar-refractivity contribution is 6.11. The summed E-state index contributed by atoms with van der Waals surface area (Å²) < 4.78 is 5.23. The summed E-state index contributed by atoms with van der Waals surface area (Å²) in [6.45, 7) is -0.0330. The summed E-state index contributed by atoms with van der Waals surface area (Å²) in [7, 11) is 3.22. The molecule has 1 fully saturated rings. The third-order valence-electron chi connectivity index (χ3n) is 5.79. The minimum atomic E-state index is -1.38. The number of benzene rings is 3. The van der Waals surface area contributed by atoms with Gasteiger partial charge in [-0.15, -0.1) is 0 Å². The van der Waals surface area contributed by atoms with Gasteiger partial charge in [0.2, 0.25) is 5.91 Å². The van der Waals surface area contributed by atoms with E-state index in [4.69, 9.17) is 4.74 Å². The van der Waals surface area contributed by atoms with Crippen LogP contribution in [0.3, 0.4) is 0 Å². The van der Waals surface area contributed by atoms with Gasteiger partial charge in [0.05, 0.1) is 7.11 Å². The molecule has 0 aromatic heterocycles. The number of urea groups is 1. The molecule has 1 heterocycles. The monoisotopic (exact) mass is 443 g/mol. The molecule has 0 unspecified atom stereocenters. The highest BCUT2D eigenvalue weighted by Crippen LogP contribution is 2.35. The summed E-state index contributed by atoms with van der Waals surface area (Å²) in [5, 5.41) is 2.86. The molecule has 3 aromatic carbocycles. The van der Waals surface area contributed by atoms with E-state index in [2.05, 4.69) is 5.32 Å². The van der Waals surface area contributed by atoms with E-state index in [-0.39, 0.29) is 12.5 Å². The van der Waals surface area contributed by atoms with Crippen molar-refractivity contribution in [2.75, 3.05) is 20.7 Å². The summed E-state index contributed by atoms with van der Waals surface area (Å²) in [6.07, 6.45) is 0. The van der Waals surface area contributed by atoms with Gasteiger partial charge >= 0.3 is 6.03 Å². The highest BCUT2D eigenvalue weighted by Gasteiger charge is 2.54. The molecule has 0 bridgehead atoms. The molecule has 1 aliphatic heterocycles. The maximum atomic E-state index is 13.7. The van der Waals surface area contributed by atoms with Crippen LogP contribution < -0.4 is 10.1 Å². The molecular weight excluding hydrogens is 418 g/mol. The van der Waals surface area contributed by atoms with Crippen LogP contribution in [0.2, 0.25) is 0 Å². The fourth-order valence-electron chi connectivity index (χ4n) is 4.04. The second-order valence-corrected chi connectivity index (χ2v) is 7.90. The number of likely N-dealkylation sites (N-methyl/N-ethyl adjacent to an activating group) is 1. The van der Waals surface area contributed by atoms with Crippen LogP contribution >= 0.6 is 0 Å². The van der Waals surface area contributed by atoms with Gasteiger partial charge in [0.25, 0.3) is 5.91 Å². The van der Waals surface area contributed by atoms with Crippen LogP contribution in [0.25, 0.3) is 0 Å². The Kier molecular flexibility index (Phi) is 6.13.